The minimum Gasteiger partial charge on any atom is -0.325 e. The smallest absolute Gasteiger partial charge is 0.241 e. The monoisotopic (exact) mass is 401 g/mol. The molecular weight excluding hydrogens is 384 g/mol. The number of rotatable bonds is 6. The average molecular weight is 401 g/mol. The predicted molar refractivity (Wildman–Crippen MR) is 102 cm³/mol. The number of hydrogen-bond donors (Lipinski definition) is 1. The molecule has 1 N–H and O–H groups in total. The van der Waals surface area contributed by atoms with Crippen molar-refractivity contribution in [1.82, 2.24) is 19.7 Å². The van der Waals surface area contributed by atoms with Crippen molar-refractivity contribution in [2.75, 3.05) is 5.32 Å². The number of aromatic nitrogens is 4. The van der Waals surface area contributed by atoms with Gasteiger partial charge in [-0.3, -0.25) is 4.79 Å². The van der Waals surface area contributed by atoms with Crippen molar-refractivity contribution in [3.8, 4) is 11.5 Å². The highest BCUT2D eigenvalue weighted by atomic mass is 32.2. The Morgan fingerprint density at radius 2 is 2.00 bits per heavy atom. The maximum atomic E-state index is 14.1. The molecular formula is C19H17F2N5OS. The molecule has 1 aliphatic rings. The summed E-state index contributed by atoms with van der Waals surface area (Å²) >= 11 is 1.31. The Labute approximate surface area is 164 Å². The predicted octanol–water partition coefficient (Wildman–Crippen LogP) is 3.90. The number of nitrogens with one attached hydrogen (secondary N) is 1. The molecule has 28 heavy (non-hydrogen) atoms. The summed E-state index contributed by atoms with van der Waals surface area (Å²) in [4.78, 5) is 16.6. The van der Waals surface area contributed by atoms with Crippen LogP contribution in [0.4, 0.5) is 14.5 Å². The molecule has 0 bridgehead atoms. The van der Waals surface area contributed by atoms with Gasteiger partial charge in [-0.1, -0.05) is 30.0 Å². The molecule has 2 aromatic heterocycles. The summed E-state index contributed by atoms with van der Waals surface area (Å²) in [6, 6.07) is 10.0. The first kappa shape index (κ1) is 18.5. The molecule has 0 aliphatic heterocycles. The minimum atomic E-state index is -0.804. The van der Waals surface area contributed by atoms with Gasteiger partial charge in [-0.15, -0.1) is 10.2 Å². The van der Waals surface area contributed by atoms with E-state index in [1.54, 1.807) is 4.57 Å². The van der Waals surface area contributed by atoms with Gasteiger partial charge in [-0.25, -0.2) is 13.8 Å². The van der Waals surface area contributed by atoms with Crippen LogP contribution in [-0.4, -0.2) is 30.4 Å². The van der Waals surface area contributed by atoms with Crippen LogP contribution in [0.5, 0.6) is 0 Å². The number of carbonyl (C=O) groups is 1. The molecule has 1 aromatic carbocycles. The highest BCUT2D eigenvalue weighted by Crippen LogP contribution is 2.52. The van der Waals surface area contributed by atoms with Gasteiger partial charge in [0.2, 0.25) is 5.91 Å². The lowest BCUT2D eigenvalue weighted by Gasteiger charge is -2.15. The maximum Gasteiger partial charge on any atom is 0.241 e. The van der Waals surface area contributed by atoms with E-state index in [4.69, 9.17) is 0 Å². The number of thioether (sulfide) groups is 1. The van der Waals surface area contributed by atoms with Gasteiger partial charge in [-0.2, -0.15) is 0 Å². The zero-order valence-electron chi connectivity index (χ0n) is 15.0. The zero-order chi connectivity index (χ0) is 19.7. The normalized spacial score (nSPS) is 14.7. The van der Waals surface area contributed by atoms with Crippen molar-refractivity contribution < 1.29 is 13.6 Å². The van der Waals surface area contributed by atoms with Gasteiger partial charge in [0.15, 0.2) is 16.8 Å². The number of amides is 1. The Morgan fingerprint density at radius 3 is 2.64 bits per heavy atom. The molecule has 6 nitrogen and oxygen atoms in total. The van der Waals surface area contributed by atoms with Crippen LogP contribution < -0.4 is 5.32 Å². The van der Waals surface area contributed by atoms with Crippen LogP contribution in [0.2, 0.25) is 0 Å². The van der Waals surface area contributed by atoms with Gasteiger partial charge in [0.25, 0.3) is 0 Å². The third-order valence-corrected chi connectivity index (χ3v) is 5.96. The van der Waals surface area contributed by atoms with Gasteiger partial charge < -0.3 is 9.88 Å². The quantitative estimate of drug-likeness (QED) is 0.678. The lowest BCUT2D eigenvalue weighted by atomic mass is 10.3. The second-order valence-electron chi connectivity index (χ2n) is 6.45. The number of carbonyl (C=O) groups excluding carboxylic acids is 1. The summed E-state index contributed by atoms with van der Waals surface area (Å²) in [6.45, 7) is 2.32. The van der Waals surface area contributed by atoms with Crippen LogP contribution in [0.1, 0.15) is 19.8 Å². The van der Waals surface area contributed by atoms with E-state index in [-0.39, 0.29) is 17.4 Å². The SMILES string of the molecule is CCn1c(SC2(C(=O)Nc3ccccc3)CC2)nnc1-c1ncc(F)cc1F. The number of hydrogen-bond acceptors (Lipinski definition) is 5. The first-order chi connectivity index (χ1) is 13.5. The van der Waals surface area contributed by atoms with Gasteiger partial charge in [-0.05, 0) is 31.9 Å². The van der Waals surface area contributed by atoms with Crippen molar-refractivity contribution in [1.29, 1.82) is 0 Å². The molecule has 4 rings (SSSR count). The standard InChI is InChI=1S/C19H17F2N5OS/c1-2-26-16(15-14(21)10-12(20)11-22-15)24-25-18(26)28-19(8-9-19)17(27)23-13-6-4-3-5-7-13/h3-7,10-11H,2,8-9H2,1H3,(H,23,27). The Bertz CT molecular complexity index is 1020. The van der Waals surface area contributed by atoms with E-state index >= 15 is 0 Å². The molecule has 2 heterocycles. The fraction of sp³-hybridized carbons (Fsp3) is 0.263. The van der Waals surface area contributed by atoms with E-state index in [0.717, 1.165) is 18.0 Å². The summed E-state index contributed by atoms with van der Waals surface area (Å²) < 4.78 is 28.3. The van der Waals surface area contributed by atoms with E-state index in [1.165, 1.54) is 11.8 Å². The average Bonchev–Trinajstić information content (AvgIpc) is 3.36. The summed E-state index contributed by atoms with van der Waals surface area (Å²) in [6.07, 6.45) is 2.37. The van der Waals surface area contributed by atoms with Crippen LogP contribution >= 0.6 is 11.8 Å². The highest BCUT2D eigenvalue weighted by Gasteiger charge is 2.52. The van der Waals surface area contributed by atoms with Crippen LogP contribution in [-0.2, 0) is 11.3 Å². The molecule has 0 atom stereocenters. The molecule has 144 valence electrons. The van der Waals surface area contributed by atoms with E-state index in [2.05, 4.69) is 20.5 Å². The minimum absolute atomic E-state index is 0.0683. The van der Waals surface area contributed by atoms with Gasteiger partial charge in [0, 0.05) is 18.3 Å². The molecule has 1 aliphatic carbocycles. The molecule has 0 saturated heterocycles. The van der Waals surface area contributed by atoms with Gasteiger partial charge in [0.1, 0.15) is 16.3 Å². The van der Waals surface area contributed by atoms with Crippen molar-refractivity contribution in [2.24, 2.45) is 0 Å². The lowest BCUT2D eigenvalue weighted by Crippen LogP contribution is -2.27. The van der Waals surface area contributed by atoms with E-state index in [0.29, 0.717) is 24.5 Å². The molecule has 0 radical (unpaired) electrons. The molecule has 1 fully saturated rings. The molecule has 0 spiro atoms. The first-order valence-electron chi connectivity index (χ1n) is 8.82. The number of anilines is 1. The first-order valence-corrected chi connectivity index (χ1v) is 9.64. The summed E-state index contributed by atoms with van der Waals surface area (Å²) in [7, 11) is 0. The Kier molecular flexibility index (Phi) is 4.84. The lowest BCUT2D eigenvalue weighted by molar-refractivity contribution is -0.116. The van der Waals surface area contributed by atoms with Crippen molar-refractivity contribution >= 4 is 23.4 Å². The summed E-state index contributed by atoms with van der Waals surface area (Å²) in [5, 5.41) is 11.6. The largest absolute Gasteiger partial charge is 0.325 e. The Morgan fingerprint density at radius 1 is 1.25 bits per heavy atom. The Hall–Kier alpha value is -2.81. The van der Waals surface area contributed by atoms with Crippen molar-refractivity contribution in [3.05, 3.63) is 54.2 Å². The molecule has 1 amide bonds. The van der Waals surface area contributed by atoms with Crippen LogP contribution in [0, 0.1) is 11.6 Å². The van der Waals surface area contributed by atoms with E-state index in [9.17, 15) is 13.6 Å². The van der Waals surface area contributed by atoms with E-state index < -0.39 is 16.4 Å². The third kappa shape index (κ3) is 3.49. The molecule has 9 heteroatoms. The summed E-state index contributed by atoms with van der Waals surface area (Å²) in [5.41, 5.74) is 0.663. The number of pyridine rings is 1. The van der Waals surface area contributed by atoms with Crippen molar-refractivity contribution in [2.45, 2.75) is 36.2 Å². The number of para-hydroxylation sites is 1. The van der Waals surface area contributed by atoms with Crippen LogP contribution in [0.3, 0.4) is 0 Å². The second kappa shape index (κ2) is 7.31. The fourth-order valence-corrected chi connectivity index (χ4v) is 4.04. The zero-order valence-corrected chi connectivity index (χ0v) is 15.8. The molecule has 3 aromatic rings. The summed E-state index contributed by atoms with van der Waals surface area (Å²) in [5.74, 6) is -1.45. The Balaban J connectivity index is 1.58. The van der Waals surface area contributed by atoms with Crippen LogP contribution in [0.25, 0.3) is 11.5 Å². The molecule has 0 unspecified atom stereocenters. The number of nitrogens with zero attached hydrogens (tertiary/aromatic N) is 4. The van der Waals surface area contributed by atoms with Crippen molar-refractivity contribution in [3.63, 3.8) is 0 Å². The maximum absolute atomic E-state index is 14.1. The third-order valence-electron chi connectivity index (χ3n) is 4.49. The second-order valence-corrected chi connectivity index (χ2v) is 7.80. The van der Waals surface area contributed by atoms with E-state index in [1.807, 2.05) is 37.3 Å². The topological polar surface area (TPSA) is 72.7 Å². The molecule has 1 saturated carbocycles. The number of halogens is 2. The van der Waals surface area contributed by atoms with Gasteiger partial charge >= 0.3 is 0 Å². The fourth-order valence-electron chi connectivity index (χ4n) is 2.83. The number of benzene rings is 1. The highest BCUT2D eigenvalue weighted by molar-refractivity contribution is 8.01. The van der Waals surface area contributed by atoms with Crippen LogP contribution in [0.15, 0.2) is 47.8 Å². The van der Waals surface area contributed by atoms with Gasteiger partial charge in [0.05, 0.1) is 6.20 Å².